The lowest BCUT2D eigenvalue weighted by atomic mass is 9.82. The van der Waals surface area contributed by atoms with Gasteiger partial charge in [-0.2, -0.15) is 0 Å². The summed E-state index contributed by atoms with van der Waals surface area (Å²) in [7, 11) is 0. The van der Waals surface area contributed by atoms with Gasteiger partial charge in [0.1, 0.15) is 6.10 Å². The lowest BCUT2D eigenvalue weighted by molar-refractivity contribution is -0.140. The van der Waals surface area contributed by atoms with E-state index in [0.29, 0.717) is 31.8 Å². The Kier molecular flexibility index (Phi) is 6.71. The van der Waals surface area contributed by atoms with Gasteiger partial charge in [-0.1, -0.05) is 42.5 Å². The highest BCUT2D eigenvalue weighted by Crippen LogP contribution is 2.27. The molecule has 162 valence electrons. The number of hydroxylamine groups is 1. The molecule has 2 aliphatic rings. The zero-order valence-corrected chi connectivity index (χ0v) is 17.0. The van der Waals surface area contributed by atoms with Crippen LogP contribution in [-0.2, 0) is 9.59 Å². The number of ether oxygens (including phenoxy) is 1. The van der Waals surface area contributed by atoms with Crippen molar-refractivity contribution < 1.29 is 19.5 Å². The van der Waals surface area contributed by atoms with Crippen molar-refractivity contribution in [3.05, 3.63) is 66.4 Å². The zero-order chi connectivity index (χ0) is 21.6. The fourth-order valence-corrected chi connectivity index (χ4v) is 4.23. The Hall–Kier alpha value is -3.07. The molecule has 1 amide bonds. The van der Waals surface area contributed by atoms with E-state index in [4.69, 9.17) is 4.74 Å². The Morgan fingerprint density at radius 2 is 1.90 bits per heavy atom. The first-order valence-electron chi connectivity index (χ1n) is 10.4. The number of hydrogen-bond acceptors (Lipinski definition) is 7. The van der Waals surface area contributed by atoms with Crippen molar-refractivity contribution in [1.82, 2.24) is 21.1 Å². The molecule has 8 heteroatoms. The van der Waals surface area contributed by atoms with Gasteiger partial charge < -0.3 is 15.4 Å². The Labute approximate surface area is 180 Å². The van der Waals surface area contributed by atoms with E-state index in [1.54, 1.807) is 23.8 Å². The topological polar surface area (TPSA) is 113 Å². The van der Waals surface area contributed by atoms with Crippen LogP contribution in [0.25, 0.3) is 5.57 Å². The number of carbonyl (C=O) groups is 2. The van der Waals surface area contributed by atoms with Gasteiger partial charge in [0.2, 0.25) is 11.8 Å². The number of nitrogens with zero attached hydrogens (tertiary/aromatic N) is 1. The number of carbonyl (C=O) groups excluding carboxylic acids is 2. The van der Waals surface area contributed by atoms with Crippen molar-refractivity contribution in [2.75, 3.05) is 13.1 Å². The van der Waals surface area contributed by atoms with Crippen LogP contribution >= 0.6 is 0 Å². The highest BCUT2D eigenvalue weighted by Gasteiger charge is 2.42. The van der Waals surface area contributed by atoms with Crippen molar-refractivity contribution in [2.24, 2.45) is 5.92 Å². The lowest BCUT2D eigenvalue weighted by Crippen LogP contribution is -2.60. The van der Waals surface area contributed by atoms with Gasteiger partial charge in [0.05, 0.1) is 18.0 Å². The molecule has 0 spiro atoms. The smallest absolute Gasteiger partial charge is 0.248 e. The van der Waals surface area contributed by atoms with Crippen LogP contribution in [0.1, 0.15) is 18.4 Å². The molecule has 1 fully saturated rings. The van der Waals surface area contributed by atoms with Crippen molar-refractivity contribution >= 4 is 17.3 Å². The van der Waals surface area contributed by atoms with E-state index in [1.807, 2.05) is 36.4 Å². The maximum absolute atomic E-state index is 13.4. The normalized spacial score (nSPS) is 25.9. The Balaban J connectivity index is 1.45. The highest BCUT2D eigenvalue weighted by molar-refractivity contribution is 5.96. The molecule has 3 heterocycles. The third-order valence-electron chi connectivity index (χ3n) is 5.79. The average Bonchev–Trinajstić information content (AvgIpc) is 2.84. The first kappa shape index (κ1) is 21.2. The molecule has 1 unspecified atom stereocenters. The second-order valence-electron chi connectivity index (χ2n) is 7.77. The monoisotopic (exact) mass is 422 g/mol. The third kappa shape index (κ3) is 4.99. The van der Waals surface area contributed by atoms with Crippen LogP contribution in [0.15, 0.2) is 60.8 Å². The SMILES string of the molecule is O=C(NO)[C@H]1C[C@H](Oc2ccccn2)CN[C@@H]1C(=O)C1CC(c2ccccc2)=CCN1. The lowest BCUT2D eigenvalue weighted by Gasteiger charge is -2.37. The Bertz CT molecular complexity index is 935. The van der Waals surface area contributed by atoms with Gasteiger partial charge >= 0.3 is 0 Å². The fourth-order valence-electron chi connectivity index (χ4n) is 4.23. The number of pyridine rings is 1. The van der Waals surface area contributed by atoms with Crippen LogP contribution in [-0.4, -0.2) is 53.2 Å². The van der Waals surface area contributed by atoms with Crippen LogP contribution in [0, 0.1) is 5.92 Å². The molecule has 1 saturated heterocycles. The molecule has 2 aliphatic heterocycles. The van der Waals surface area contributed by atoms with E-state index in [9.17, 15) is 14.8 Å². The molecule has 4 atom stereocenters. The average molecular weight is 422 g/mol. The molecule has 8 nitrogen and oxygen atoms in total. The quantitative estimate of drug-likeness (QED) is 0.410. The Morgan fingerprint density at radius 3 is 2.65 bits per heavy atom. The molecular formula is C23H26N4O4. The van der Waals surface area contributed by atoms with Crippen molar-refractivity contribution in [1.29, 1.82) is 0 Å². The number of Topliss-reactive ketones (excluding diaryl/α,β-unsaturated/α-hetero) is 1. The predicted molar refractivity (Wildman–Crippen MR) is 114 cm³/mol. The van der Waals surface area contributed by atoms with Crippen molar-refractivity contribution in [3.63, 3.8) is 0 Å². The van der Waals surface area contributed by atoms with Crippen LogP contribution < -0.4 is 20.9 Å². The number of nitrogens with one attached hydrogen (secondary N) is 3. The molecular weight excluding hydrogens is 396 g/mol. The number of rotatable bonds is 6. The number of amides is 1. The maximum Gasteiger partial charge on any atom is 0.248 e. The summed E-state index contributed by atoms with van der Waals surface area (Å²) in [6.07, 6.45) is 4.20. The van der Waals surface area contributed by atoms with Gasteiger partial charge in [0.25, 0.3) is 0 Å². The highest BCUT2D eigenvalue weighted by atomic mass is 16.5. The summed E-state index contributed by atoms with van der Waals surface area (Å²) >= 11 is 0. The van der Waals surface area contributed by atoms with Crippen molar-refractivity contribution in [2.45, 2.75) is 31.0 Å². The first-order valence-corrected chi connectivity index (χ1v) is 10.4. The van der Waals surface area contributed by atoms with E-state index in [-0.39, 0.29) is 11.9 Å². The van der Waals surface area contributed by atoms with Gasteiger partial charge in [-0.15, -0.1) is 0 Å². The summed E-state index contributed by atoms with van der Waals surface area (Å²) in [5, 5.41) is 15.7. The minimum Gasteiger partial charge on any atom is -0.473 e. The van der Waals surface area contributed by atoms with E-state index < -0.39 is 23.9 Å². The number of ketones is 1. The summed E-state index contributed by atoms with van der Waals surface area (Å²) in [4.78, 5) is 29.9. The third-order valence-corrected chi connectivity index (χ3v) is 5.79. The Morgan fingerprint density at radius 1 is 1.10 bits per heavy atom. The van der Waals surface area contributed by atoms with E-state index in [2.05, 4.69) is 21.7 Å². The molecule has 31 heavy (non-hydrogen) atoms. The van der Waals surface area contributed by atoms with E-state index >= 15 is 0 Å². The zero-order valence-electron chi connectivity index (χ0n) is 17.0. The molecule has 1 aromatic carbocycles. The molecule has 2 aromatic rings. The summed E-state index contributed by atoms with van der Waals surface area (Å²) in [6.45, 7) is 0.978. The van der Waals surface area contributed by atoms with Crippen LogP contribution in [0.5, 0.6) is 5.88 Å². The molecule has 0 radical (unpaired) electrons. The fraction of sp³-hybridized carbons (Fsp3) is 0.348. The largest absolute Gasteiger partial charge is 0.473 e. The number of hydrogen-bond donors (Lipinski definition) is 4. The number of piperidine rings is 1. The summed E-state index contributed by atoms with van der Waals surface area (Å²) in [6, 6.07) is 14.2. The molecule has 4 N–H and O–H groups in total. The van der Waals surface area contributed by atoms with Crippen LogP contribution in [0.2, 0.25) is 0 Å². The van der Waals surface area contributed by atoms with Crippen LogP contribution in [0.3, 0.4) is 0 Å². The van der Waals surface area contributed by atoms with Gasteiger partial charge in [-0.05, 0) is 30.0 Å². The van der Waals surface area contributed by atoms with Gasteiger partial charge in [0.15, 0.2) is 5.78 Å². The summed E-state index contributed by atoms with van der Waals surface area (Å²) in [5.74, 6) is -0.997. The predicted octanol–water partition coefficient (Wildman–Crippen LogP) is 1.33. The number of aromatic nitrogens is 1. The minimum atomic E-state index is -0.757. The van der Waals surface area contributed by atoms with Gasteiger partial charge in [0, 0.05) is 25.4 Å². The van der Waals surface area contributed by atoms with Crippen LogP contribution in [0.4, 0.5) is 0 Å². The molecule has 4 rings (SSSR count). The van der Waals surface area contributed by atoms with Gasteiger partial charge in [-0.3, -0.25) is 14.8 Å². The number of benzene rings is 1. The summed E-state index contributed by atoms with van der Waals surface area (Å²) in [5.41, 5.74) is 3.90. The van der Waals surface area contributed by atoms with E-state index in [1.165, 1.54) is 0 Å². The molecule has 0 bridgehead atoms. The first-order chi connectivity index (χ1) is 15.2. The van der Waals surface area contributed by atoms with Crippen molar-refractivity contribution in [3.8, 4) is 5.88 Å². The maximum atomic E-state index is 13.4. The molecule has 0 aliphatic carbocycles. The second kappa shape index (κ2) is 9.82. The minimum absolute atomic E-state index is 0.0913. The second-order valence-corrected chi connectivity index (χ2v) is 7.77. The molecule has 0 saturated carbocycles. The van der Waals surface area contributed by atoms with Gasteiger partial charge in [-0.25, -0.2) is 10.5 Å². The summed E-state index contributed by atoms with van der Waals surface area (Å²) < 4.78 is 5.86. The standard InChI is InChI=1S/C23H26N4O4/c28-22(19-12-16(9-11-24-19)15-6-2-1-3-7-15)21-18(23(29)27-30)13-17(14-26-21)31-20-8-4-5-10-25-20/h1-10,17-19,21,24,26,30H,11-14H2,(H,27,29)/t17-,18-,19?,21-/m0/s1. The molecule has 1 aromatic heterocycles. The van der Waals surface area contributed by atoms with E-state index in [0.717, 1.165) is 11.1 Å².